The largest absolute Gasteiger partial charge is 0.507 e. The molecule has 1 amide bonds. The predicted octanol–water partition coefficient (Wildman–Crippen LogP) is 2.80. The fourth-order valence-electron chi connectivity index (χ4n) is 2.42. The maximum atomic E-state index is 12.1. The Morgan fingerprint density at radius 2 is 2.17 bits per heavy atom. The molecule has 0 radical (unpaired) electrons. The normalized spacial score (nSPS) is 23.6. The van der Waals surface area contributed by atoms with Gasteiger partial charge >= 0.3 is 0 Å². The van der Waals surface area contributed by atoms with Gasteiger partial charge in [-0.3, -0.25) is 4.79 Å². The number of carbonyl (C=O) groups excluding carboxylic acids is 1. The number of phenols is 1. The van der Waals surface area contributed by atoms with Gasteiger partial charge in [-0.05, 0) is 37.7 Å². The SMILES string of the molecule is CSC1CCCC(NC(=O)c2ccccc2O)C1. The lowest BCUT2D eigenvalue weighted by Crippen LogP contribution is -2.39. The first kappa shape index (κ1) is 13.3. The zero-order valence-electron chi connectivity index (χ0n) is 10.6. The van der Waals surface area contributed by atoms with Crippen LogP contribution in [0.4, 0.5) is 0 Å². The molecule has 0 heterocycles. The van der Waals surface area contributed by atoms with Crippen molar-refractivity contribution >= 4 is 17.7 Å². The van der Waals surface area contributed by atoms with Crippen molar-refractivity contribution in [3.63, 3.8) is 0 Å². The molecule has 1 fully saturated rings. The summed E-state index contributed by atoms with van der Waals surface area (Å²) in [7, 11) is 0. The second-order valence-corrected chi connectivity index (χ2v) is 5.85. The summed E-state index contributed by atoms with van der Waals surface area (Å²) < 4.78 is 0. The van der Waals surface area contributed by atoms with Crippen LogP contribution in [-0.2, 0) is 0 Å². The van der Waals surface area contributed by atoms with Crippen LogP contribution in [0.25, 0.3) is 0 Å². The third kappa shape index (κ3) is 3.19. The molecule has 98 valence electrons. The van der Waals surface area contributed by atoms with E-state index >= 15 is 0 Å². The summed E-state index contributed by atoms with van der Waals surface area (Å²) in [5, 5.41) is 13.3. The van der Waals surface area contributed by atoms with Gasteiger partial charge in [-0.25, -0.2) is 0 Å². The Bertz CT molecular complexity index is 422. The standard InChI is InChI=1S/C14H19NO2S/c1-18-11-6-4-5-10(9-11)15-14(17)12-7-2-3-8-13(12)16/h2-3,7-8,10-11,16H,4-6,9H2,1H3,(H,15,17). The lowest BCUT2D eigenvalue weighted by atomic mass is 9.94. The summed E-state index contributed by atoms with van der Waals surface area (Å²) in [4.78, 5) is 12.1. The molecular formula is C14H19NO2S. The van der Waals surface area contributed by atoms with Crippen LogP contribution in [0.5, 0.6) is 5.75 Å². The van der Waals surface area contributed by atoms with Crippen molar-refractivity contribution < 1.29 is 9.90 Å². The third-order valence-corrected chi connectivity index (χ3v) is 4.54. The van der Waals surface area contributed by atoms with Crippen LogP contribution in [-0.4, -0.2) is 28.6 Å². The topological polar surface area (TPSA) is 49.3 Å². The number of amides is 1. The fourth-order valence-corrected chi connectivity index (χ4v) is 3.25. The number of para-hydroxylation sites is 1. The molecule has 18 heavy (non-hydrogen) atoms. The van der Waals surface area contributed by atoms with Crippen molar-refractivity contribution in [2.45, 2.75) is 37.0 Å². The fraction of sp³-hybridized carbons (Fsp3) is 0.500. The van der Waals surface area contributed by atoms with Crippen molar-refractivity contribution in [1.29, 1.82) is 0 Å². The van der Waals surface area contributed by atoms with Crippen molar-refractivity contribution in [2.24, 2.45) is 0 Å². The van der Waals surface area contributed by atoms with Gasteiger partial charge in [0.15, 0.2) is 0 Å². The second-order valence-electron chi connectivity index (χ2n) is 4.71. The summed E-state index contributed by atoms with van der Waals surface area (Å²) in [6, 6.07) is 6.92. The number of aromatic hydroxyl groups is 1. The highest BCUT2D eigenvalue weighted by Gasteiger charge is 2.23. The van der Waals surface area contributed by atoms with Crippen LogP contribution in [0.3, 0.4) is 0 Å². The summed E-state index contributed by atoms with van der Waals surface area (Å²) in [6.45, 7) is 0. The number of phenolic OH excluding ortho intramolecular Hbond substituents is 1. The van der Waals surface area contributed by atoms with Crippen LogP contribution in [0.15, 0.2) is 24.3 Å². The number of hydrogen-bond donors (Lipinski definition) is 2. The maximum absolute atomic E-state index is 12.1. The molecule has 1 aliphatic rings. The van der Waals surface area contributed by atoms with E-state index in [9.17, 15) is 9.90 Å². The zero-order chi connectivity index (χ0) is 13.0. The minimum absolute atomic E-state index is 0.0484. The van der Waals surface area contributed by atoms with E-state index in [2.05, 4.69) is 11.6 Å². The van der Waals surface area contributed by atoms with Gasteiger partial charge in [0.05, 0.1) is 5.56 Å². The molecule has 2 atom stereocenters. The highest BCUT2D eigenvalue weighted by Crippen LogP contribution is 2.27. The number of nitrogens with one attached hydrogen (secondary N) is 1. The average Bonchev–Trinajstić information content (AvgIpc) is 2.39. The molecule has 2 unspecified atom stereocenters. The molecule has 0 aromatic heterocycles. The maximum Gasteiger partial charge on any atom is 0.255 e. The van der Waals surface area contributed by atoms with Crippen molar-refractivity contribution in [1.82, 2.24) is 5.32 Å². The van der Waals surface area contributed by atoms with Gasteiger partial charge in [-0.2, -0.15) is 11.8 Å². The molecule has 2 N–H and O–H groups in total. The number of carbonyl (C=O) groups is 1. The van der Waals surface area contributed by atoms with Crippen LogP contribution in [0.2, 0.25) is 0 Å². The van der Waals surface area contributed by atoms with E-state index in [0.717, 1.165) is 19.3 Å². The molecule has 0 spiro atoms. The van der Waals surface area contributed by atoms with Crippen LogP contribution in [0, 0.1) is 0 Å². The smallest absolute Gasteiger partial charge is 0.255 e. The van der Waals surface area contributed by atoms with Gasteiger partial charge < -0.3 is 10.4 Å². The first-order valence-corrected chi connectivity index (χ1v) is 7.61. The molecule has 1 saturated carbocycles. The minimum atomic E-state index is -0.167. The van der Waals surface area contributed by atoms with E-state index in [0.29, 0.717) is 10.8 Å². The Hall–Kier alpha value is -1.16. The molecule has 2 rings (SSSR count). The number of thioether (sulfide) groups is 1. The van der Waals surface area contributed by atoms with Crippen LogP contribution in [0.1, 0.15) is 36.0 Å². The number of benzene rings is 1. The predicted molar refractivity (Wildman–Crippen MR) is 75.1 cm³/mol. The molecule has 1 aromatic carbocycles. The van der Waals surface area contributed by atoms with E-state index in [1.165, 1.54) is 6.42 Å². The molecule has 3 nitrogen and oxygen atoms in total. The van der Waals surface area contributed by atoms with E-state index in [-0.39, 0.29) is 17.7 Å². The first-order chi connectivity index (χ1) is 8.70. The van der Waals surface area contributed by atoms with Crippen molar-refractivity contribution in [3.8, 4) is 5.75 Å². The van der Waals surface area contributed by atoms with Gasteiger partial charge in [0.25, 0.3) is 5.91 Å². The van der Waals surface area contributed by atoms with Crippen LogP contribution < -0.4 is 5.32 Å². The monoisotopic (exact) mass is 265 g/mol. The van der Waals surface area contributed by atoms with Crippen molar-refractivity contribution in [2.75, 3.05) is 6.26 Å². The summed E-state index contributed by atoms with van der Waals surface area (Å²) in [5.74, 6) is -0.118. The van der Waals surface area contributed by atoms with Gasteiger partial charge in [0.1, 0.15) is 5.75 Å². The average molecular weight is 265 g/mol. The van der Waals surface area contributed by atoms with E-state index < -0.39 is 0 Å². The quantitative estimate of drug-likeness (QED) is 0.883. The van der Waals surface area contributed by atoms with Crippen LogP contribution >= 0.6 is 11.8 Å². The van der Waals surface area contributed by atoms with E-state index in [1.807, 2.05) is 11.8 Å². The van der Waals surface area contributed by atoms with Gasteiger partial charge in [0.2, 0.25) is 0 Å². The molecule has 0 bridgehead atoms. The second kappa shape index (κ2) is 6.14. The molecule has 0 saturated heterocycles. The first-order valence-electron chi connectivity index (χ1n) is 6.32. The Morgan fingerprint density at radius 3 is 2.89 bits per heavy atom. The number of rotatable bonds is 3. The Morgan fingerprint density at radius 1 is 1.39 bits per heavy atom. The highest BCUT2D eigenvalue weighted by atomic mass is 32.2. The Labute approximate surface area is 112 Å². The minimum Gasteiger partial charge on any atom is -0.507 e. The molecule has 1 aliphatic carbocycles. The lowest BCUT2D eigenvalue weighted by Gasteiger charge is -2.28. The molecular weight excluding hydrogens is 246 g/mol. The Kier molecular flexibility index (Phi) is 4.53. The van der Waals surface area contributed by atoms with Crippen molar-refractivity contribution in [3.05, 3.63) is 29.8 Å². The highest BCUT2D eigenvalue weighted by molar-refractivity contribution is 7.99. The summed E-state index contributed by atoms with van der Waals surface area (Å²) >= 11 is 1.87. The molecule has 4 heteroatoms. The molecule has 0 aliphatic heterocycles. The Balaban J connectivity index is 1.97. The van der Waals surface area contributed by atoms with Gasteiger partial charge in [-0.15, -0.1) is 0 Å². The summed E-state index contributed by atoms with van der Waals surface area (Å²) in [6.07, 6.45) is 6.59. The molecule has 1 aromatic rings. The van der Waals surface area contributed by atoms with Gasteiger partial charge in [0, 0.05) is 11.3 Å². The lowest BCUT2D eigenvalue weighted by molar-refractivity contribution is 0.0926. The number of hydrogen-bond acceptors (Lipinski definition) is 3. The third-order valence-electron chi connectivity index (χ3n) is 3.44. The van der Waals surface area contributed by atoms with Gasteiger partial charge in [-0.1, -0.05) is 18.6 Å². The van der Waals surface area contributed by atoms with E-state index in [4.69, 9.17) is 0 Å². The van der Waals surface area contributed by atoms with E-state index in [1.54, 1.807) is 24.3 Å². The zero-order valence-corrected chi connectivity index (χ0v) is 11.4. The summed E-state index contributed by atoms with van der Waals surface area (Å²) in [5.41, 5.74) is 0.365.